The van der Waals surface area contributed by atoms with Gasteiger partial charge in [-0.2, -0.15) is 0 Å². The van der Waals surface area contributed by atoms with Crippen molar-refractivity contribution in [1.29, 1.82) is 0 Å². The van der Waals surface area contributed by atoms with E-state index in [9.17, 15) is 0 Å². The zero-order chi connectivity index (χ0) is 13.7. The van der Waals surface area contributed by atoms with Gasteiger partial charge < -0.3 is 15.2 Å². The van der Waals surface area contributed by atoms with Crippen LogP contribution in [0.25, 0.3) is 0 Å². The van der Waals surface area contributed by atoms with Crippen LogP contribution >= 0.6 is 0 Å². The van der Waals surface area contributed by atoms with E-state index in [2.05, 4.69) is 0 Å². The van der Waals surface area contributed by atoms with Crippen LogP contribution in [0, 0.1) is 0 Å². The Hall–Kier alpha value is -2.16. The summed E-state index contributed by atoms with van der Waals surface area (Å²) < 4.78 is 11.4. The molecule has 0 saturated carbocycles. The number of ether oxygens (including phenoxy) is 2. The van der Waals surface area contributed by atoms with Crippen LogP contribution in [0.3, 0.4) is 0 Å². The fraction of sp³-hybridized carbons (Fsp3) is 0.250. The molecule has 0 spiro atoms. The fourth-order valence-electron chi connectivity index (χ4n) is 1.89. The molecule has 100 valence electrons. The summed E-state index contributed by atoms with van der Waals surface area (Å²) in [7, 11) is 0. The molecule has 3 nitrogen and oxygen atoms in total. The van der Waals surface area contributed by atoms with E-state index in [1.54, 1.807) is 0 Å². The lowest BCUT2D eigenvalue weighted by molar-refractivity contribution is 0.225. The average Bonchev–Trinajstić information content (AvgIpc) is 2.39. The lowest BCUT2D eigenvalue weighted by Gasteiger charge is -2.16. The summed E-state index contributed by atoms with van der Waals surface area (Å²) in [5.41, 5.74) is 7.58. The first-order valence-electron chi connectivity index (χ1n) is 6.44. The quantitative estimate of drug-likeness (QED) is 0.828. The van der Waals surface area contributed by atoms with E-state index in [1.165, 1.54) is 0 Å². The maximum absolute atomic E-state index is 5.91. The van der Waals surface area contributed by atoms with Crippen LogP contribution in [-0.4, -0.2) is 6.61 Å². The van der Waals surface area contributed by atoms with Gasteiger partial charge in [-0.15, -0.1) is 0 Å². The summed E-state index contributed by atoms with van der Waals surface area (Å²) in [5, 5.41) is 0. The molecule has 0 amide bonds. The summed E-state index contributed by atoms with van der Waals surface area (Å²) in [5.74, 6) is 1.61. The summed E-state index contributed by atoms with van der Waals surface area (Å²) >= 11 is 0. The SMILES string of the molecule is CCOc1cccc(OC(C)c2cccc(N)c2)c1. The van der Waals surface area contributed by atoms with Crippen molar-refractivity contribution >= 4 is 5.69 Å². The Bertz CT molecular complexity index is 540. The van der Waals surface area contributed by atoms with E-state index in [-0.39, 0.29) is 6.10 Å². The monoisotopic (exact) mass is 257 g/mol. The Morgan fingerprint density at radius 3 is 2.53 bits per heavy atom. The van der Waals surface area contributed by atoms with Crippen molar-refractivity contribution in [3.05, 3.63) is 54.1 Å². The molecule has 2 rings (SSSR count). The second-order valence-electron chi connectivity index (χ2n) is 4.34. The molecular weight excluding hydrogens is 238 g/mol. The minimum atomic E-state index is -0.0552. The molecule has 2 N–H and O–H groups in total. The third kappa shape index (κ3) is 3.65. The van der Waals surface area contributed by atoms with Gasteiger partial charge in [0.2, 0.25) is 0 Å². The van der Waals surface area contributed by atoms with Gasteiger partial charge >= 0.3 is 0 Å². The minimum absolute atomic E-state index is 0.0552. The third-order valence-electron chi connectivity index (χ3n) is 2.81. The van der Waals surface area contributed by atoms with Gasteiger partial charge in [0, 0.05) is 11.8 Å². The van der Waals surface area contributed by atoms with Crippen molar-refractivity contribution in [1.82, 2.24) is 0 Å². The van der Waals surface area contributed by atoms with Crippen LogP contribution in [0.2, 0.25) is 0 Å². The molecule has 0 heterocycles. The standard InChI is InChI=1S/C16H19NO2/c1-3-18-15-8-5-9-16(11-15)19-12(2)13-6-4-7-14(17)10-13/h4-12H,3,17H2,1-2H3. The van der Waals surface area contributed by atoms with Gasteiger partial charge in [0.05, 0.1) is 6.61 Å². The molecular formula is C16H19NO2. The van der Waals surface area contributed by atoms with Gasteiger partial charge in [0.1, 0.15) is 17.6 Å². The van der Waals surface area contributed by atoms with E-state index < -0.39 is 0 Å². The number of anilines is 1. The fourth-order valence-corrected chi connectivity index (χ4v) is 1.89. The average molecular weight is 257 g/mol. The van der Waals surface area contributed by atoms with Crippen molar-refractivity contribution in [2.75, 3.05) is 12.3 Å². The lowest BCUT2D eigenvalue weighted by Crippen LogP contribution is -2.04. The van der Waals surface area contributed by atoms with E-state index in [1.807, 2.05) is 62.4 Å². The van der Waals surface area contributed by atoms with Gasteiger partial charge in [-0.1, -0.05) is 18.2 Å². The van der Waals surface area contributed by atoms with Gasteiger partial charge in [-0.05, 0) is 43.7 Å². The number of hydrogen-bond acceptors (Lipinski definition) is 3. The smallest absolute Gasteiger partial charge is 0.123 e. The van der Waals surface area contributed by atoms with Crippen LogP contribution in [0.4, 0.5) is 5.69 Å². The summed E-state index contributed by atoms with van der Waals surface area (Å²) in [6, 6.07) is 15.4. The number of nitrogen functional groups attached to an aromatic ring is 1. The first-order chi connectivity index (χ1) is 9.19. The van der Waals surface area contributed by atoms with Crippen molar-refractivity contribution < 1.29 is 9.47 Å². The largest absolute Gasteiger partial charge is 0.494 e. The topological polar surface area (TPSA) is 44.5 Å². The van der Waals surface area contributed by atoms with Crippen LogP contribution < -0.4 is 15.2 Å². The summed E-state index contributed by atoms with van der Waals surface area (Å²) in [4.78, 5) is 0. The molecule has 2 aromatic rings. The summed E-state index contributed by atoms with van der Waals surface area (Å²) in [6.07, 6.45) is -0.0552. The van der Waals surface area contributed by atoms with Crippen molar-refractivity contribution in [2.24, 2.45) is 0 Å². The van der Waals surface area contributed by atoms with Crippen molar-refractivity contribution in [2.45, 2.75) is 20.0 Å². The van der Waals surface area contributed by atoms with Crippen LogP contribution in [0.5, 0.6) is 11.5 Å². The van der Waals surface area contributed by atoms with E-state index in [0.717, 1.165) is 22.7 Å². The van der Waals surface area contributed by atoms with Gasteiger partial charge in [0.25, 0.3) is 0 Å². The van der Waals surface area contributed by atoms with Gasteiger partial charge in [-0.3, -0.25) is 0 Å². The molecule has 0 aliphatic carbocycles. The van der Waals surface area contributed by atoms with Gasteiger partial charge in [-0.25, -0.2) is 0 Å². The maximum atomic E-state index is 5.91. The minimum Gasteiger partial charge on any atom is -0.494 e. The number of nitrogens with two attached hydrogens (primary N) is 1. The molecule has 0 radical (unpaired) electrons. The first kappa shape index (κ1) is 13.3. The highest BCUT2D eigenvalue weighted by molar-refractivity contribution is 5.41. The van der Waals surface area contributed by atoms with Crippen LogP contribution in [0.15, 0.2) is 48.5 Å². The number of hydrogen-bond donors (Lipinski definition) is 1. The Kier molecular flexibility index (Phi) is 4.29. The zero-order valence-electron chi connectivity index (χ0n) is 11.3. The van der Waals surface area contributed by atoms with Crippen LogP contribution in [-0.2, 0) is 0 Å². The maximum Gasteiger partial charge on any atom is 0.123 e. The Morgan fingerprint density at radius 2 is 1.79 bits per heavy atom. The highest BCUT2D eigenvalue weighted by Gasteiger charge is 2.08. The normalized spacial score (nSPS) is 11.9. The second kappa shape index (κ2) is 6.14. The zero-order valence-corrected chi connectivity index (χ0v) is 11.3. The Balaban J connectivity index is 2.10. The molecule has 0 aliphatic heterocycles. The van der Waals surface area contributed by atoms with Gasteiger partial charge in [0.15, 0.2) is 0 Å². The molecule has 0 fully saturated rings. The number of benzene rings is 2. The first-order valence-corrected chi connectivity index (χ1v) is 6.44. The lowest BCUT2D eigenvalue weighted by atomic mass is 10.1. The molecule has 0 bridgehead atoms. The molecule has 1 unspecified atom stereocenters. The molecule has 3 heteroatoms. The predicted octanol–water partition coefficient (Wildman–Crippen LogP) is 3.81. The summed E-state index contributed by atoms with van der Waals surface area (Å²) in [6.45, 7) is 4.61. The van der Waals surface area contributed by atoms with Crippen molar-refractivity contribution in [3.8, 4) is 11.5 Å². The van der Waals surface area contributed by atoms with Crippen LogP contribution in [0.1, 0.15) is 25.5 Å². The highest BCUT2D eigenvalue weighted by Crippen LogP contribution is 2.25. The molecule has 19 heavy (non-hydrogen) atoms. The predicted molar refractivity (Wildman–Crippen MR) is 77.5 cm³/mol. The second-order valence-corrected chi connectivity index (χ2v) is 4.34. The highest BCUT2D eigenvalue weighted by atomic mass is 16.5. The molecule has 0 saturated heterocycles. The van der Waals surface area contributed by atoms with Crippen molar-refractivity contribution in [3.63, 3.8) is 0 Å². The van der Waals surface area contributed by atoms with E-state index in [0.29, 0.717) is 6.61 Å². The van der Waals surface area contributed by atoms with E-state index in [4.69, 9.17) is 15.2 Å². The third-order valence-corrected chi connectivity index (χ3v) is 2.81. The molecule has 0 aliphatic rings. The Morgan fingerprint density at radius 1 is 1.05 bits per heavy atom. The number of rotatable bonds is 5. The molecule has 1 atom stereocenters. The molecule has 2 aromatic carbocycles. The molecule has 0 aromatic heterocycles. The van der Waals surface area contributed by atoms with E-state index >= 15 is 0 Å². The Labute approximate surface area is 114 Å².